The minimum Gasteiger partial charge on any atom is -0.445 e. The number of hydrogen-bond acceptors (Lipinski definition) is 4. The van der Waals surface area contributed by atoms with Crippen molar-refractivity contribution in [1.82, 2.24) is 15.5 Å². The number of piperazine rings is 1. The standard InChI is InChI=1S/C21H25N3O3/c25-20(24-13-11-22-12-14-24)19(15-17-7-3-1-4-8-17)23-21(26)27-16-18-9-5-2-6-10-18/h1-10,19,22H,11-16H2,(H,23,26)/t19-/m1/s1. The van der Waals surface area contributed by atoms with E-state index in [0.717, 1.165) is 24.2 Å². The molecule has 0 aromatic heterocycles. The minimum atomic E-state index is -0.645. The van der Waals surface area contributed by atoms with Gasteiger partial charge < -0.3 is 20.3 Å². The highest BCUT2D eigenvalue weighted by atomic mass is 16.5. The number of carbonyl (C=O) groups is 2. The third kappa shape index (κ3) is 5.82. The molecule has 2 amide bonds. The highest BCUT2D eigenvalue weighted by Crippen LogP contribution is 2.08. The van der Waals surface area contributed by atoms with Crippen LogP contribution in [0.25, 0.3) is 0 Å². The molecule has 1 heterocycles. The predicted molar refractivity (Wildman–Crippen MR) is 103 cm³/mol. The van der Waals surface area contributed by atoms with Crippen molar-refractivity contribution in [3.63, 3.8) is 0 Å². The average molecular weight is 367 g/mol. The first-order chi connectivity index (χ1) is 13.2. The van der Waals surface area contributed by atoms with E-state index in [-0.39, 0.29) is 12.5 Å². The molecule has 2 aromatic rings. The minimum absolute atomic E-state index is 0.0722. The smallest absolute Gasteiger partial charge is 0.408 e. The normalized spacial score (nSPS) is 15.0. The van der Waals surface area contributed by atoms with Crippen LogP contribution in [0.4, 0.5) is 4.79 Å². The van der Waals surface area contributed by atoms with Crippen LogP contribution in [-0.4, -0.2) is 49.1 Å². The highest BCUT2D eigenvalue weighted by Gasteiger charge is 2.27. The third-order valence-corrected chi connectivity index (χ3v) is 4.51. The highest BCUT2D eigenvalue weighted by molar-refractivity contribution is 5.86. The monoisotopic (exact) mass is 367 g/mol. The Kier molecular flexibility index (Phi) is 6.82. The molecule has 1 saturated heterocycles. The number of hydrogen-bond donors (Lipinski definition) is 2. The number of amides is 2. The summed E-state index contributed by atoms with van der Waals surface area (Å²) >= 11 is 0. The summed E-state index contributed by atoms with van der Waals surface area (Å²) in [6.07, 6.45) is -0.146. The quantitative estimate of drug-likeness (QED) is 0.819. The van der Waals surface area contributed by atoms with Gasteiger partial charge in [0.1, 0.15) is 12.6 Å². The van der Waals surface area contributed by atoms with Gasteiger partial charge in [-0.1, -0.05) is 60.7 Å². The fourth-order valence-electron chi connectivity index (χ4n) is 3.06. The average Bonchev–Trinajstić information content (AvgIpc) is 2.73. The molecule has 0 bridgehead atoms. The van der Waals surface area contributed by atoms with Crippen LogP contribution in [-0.2, 0) is 22.6 Å². The second kappa shape index (κ2) is 9.73. The molecule has 2 aromatic carbocycles. The maximum absolute atomic E-state index is 12.9. The Hall–Kier alpha value is -2.86. The number of alkyl carbamates (subject to hydrolysis) is 1. The number of carbonyl (C=O) groups excluding carboxylic acids is 2. The Morgan fingerprint density at radius 3 is 2.19 bits per heavy atom. The molecule has 6 heteroatoms. The van der Waals surface area contributed by atoms with Gasteiger partial charge in [0.05, 0.1) is 0 Å². The van der Waals surface area contributed by atoms with Gasteiger partial charge in [-0.05, 0) is 11.1 Å². The summed E-state index contributed by atoms with van der Waals surface area (Å²) in [6.45, 7) is 2.99. The van der Waals surface area contributed by atoms with E-state index in [2.05, 4.69) is 10.6 Å². The molecule has 0 aliphatic carbocycles. The maximum Gasteiger partial charge on any atom is 0.408 e. The Balaban J connectivity index is 1.63. The van der Waals surface area contributed by atoms with Crippen molar-refractivity contribution < 1.29 is 14.3 Å². The van der Waals surface area contributed by atoms with Gasteiger partial charge in [-0.15, -0.1) is 0 Å². The lowest BCUT2D eigenvalue weighted by molar-refractivity contribution is -0.133. The molecule has 27 heavy (non-hydrogen) atoms. The summed E-state index contributed by atoms with van der Waals surface area (Å²) in [5.41, 5.74) is 1.90. The lowest BCUT2D eigenvalue weighted by atomic mass is 10.0. The first kappa shape index (κ1) is 18.9. The molecular weight excluding hydrogens is 342 g/mol. The van der Waals surface area contributed by atoms with E-state index >= 15 is 0 Å². The molecule has 0 radical (unpaired) electrons. The summed E-state index contributed by atoms with van der Waals surface area (Å²) in [7, 11) is 0. The van der Waals surface area contributed by atoms with E-state index in [0.29, 0.717) is 19.5 Å². The molecule has 0 unspecified atom stereocenters. The van der Waals surface area contributed by atoms with Crippen molar-refractivity contribution in [3.8, 4) is 0 Å². The van der Waals surface area contributed by atoms with Crippen molar-refractivity contribution in [2.24, 2.45) is 0 Å². The first-order valence-electron chi connectivity index (χ1n) is 9.23. The van der Waals surface area contributed by atoms with Crippen molar-refractivity contribution in [1.29, 1.82) is 0 Å². The molecule has 3 rings (SSSR count). The van der Waals surface area contributed by atoms with Crippen molar-refractivity contribution in [2.75, 3.05) is 26.2 Å². The van der Waals surface area contributed by atoms with Crippen LogP contribution in [0.1, 0.15) is 11.1 Å². The Morgan fingerprint density at radius 2 is 1.56 bits per heavy atom. The Morgan fingerprint density at radius 1 is 0.963 bits per heavy atom. The largest absolute Gasteiger partial charge is 0.445 e. The van der Waals surface area contributed by atoms with Crippen molar-refractivity contribution in [3.05, 3.63) is 71.8 Å². The first-order valence-corrected chi connectivity index (χ1v) is 9.23. The molecule has 1 fully saturated rings. The van der Waals surface area contributed by atoms with Crippen LogP contribution in [0, 0.1) is 0 Å². The van der Waals surface area contributed by atoms with Crippen LogP contribution >= 0.6 is 0 Å². The van der Waals surface area contributed by atoms with Crippen molar-refractivity contribution in [2.45, 2.75) is 19.1 Å². The van der Waals surface area contributed by atoms with E-state index < -0.39 is 12.1 Å². The topological polar surface area (TPSA) is 70.7 Å². The third-order valence-electron chi connectivity index (χ3n) is 4.51. The van der Waals surface area contributed by atoms with Crippen LogP contribution < -0.4 is 10.6 Å². The molecular formula is C21H25N3O3. The fourth-order valence-corrected chi connectivity index (χ4v) is 3.06. The Bertz CT molecular complexity index is 731. The molecule has 6 nitrogen and oxygen atoms in total. The molecule has 0 spiro atoms. The van der Waals surface area contributed by atoms with Gasteiger partial charge in [0.2, 0.25) is 5.91 Å². The van der Waals surface area contributed by atoms with Crippen LogP contribution in [0.5, 0.6) is 0 Å². The van der Waals surface area contributed by atoms with Gasteiger partial charge in [0.25, 0.3) is 0 Å². The summed E-state index contributed by atoms with van der Waals surface area (Å²) in [6, 6.07) is 18.5. The summed E-state index contributed by atoms with van der Waals surface area (Å²) in [5.74, 6) is -0.0722. The SMILES string of the molecule is O=C(N[C@H](Cc1ccccc1)C(=O)N1CCNCC1)OCc1ccccc1. The zero-order valence-electron chi connectivity index (χ0n) is 15.3. The van der Waals surface area contributed by atoms with Gasteiger partial charge in [-0.2, -0.15) is 0 Å². The number of ether oxygens (including phenoxy) is 1. The zero-order chi connectivity index (χ0) is 18.9. The van der Waals surface area contributed by atoms with Gasteiger partial charge in [-0.3, -0.25) is 4.79 Å². The summed E-state index contributed by atoms with van der Waals surface area (Å²) in [5, 5.41) is 5.99. The van der Waals surface area contributed by atoms with E-state index in [1.165, 1.54) is 0 Å². The van der Waals surface area contributed by atoms with Gasteiger partial charge in [0, 0.05) is 32.6 Å². The van der Waals surface area contributed by atoms with Gasteiger partial charge in [-0.25, -0.2) is 4.79 Å². The molecule has 0 saturated carbocycles. The lowest BCUT2D eigenvalue weighted by Crippen LogP contribution is -2.54. The summed E-state index contributed by atoms with van der Waals surface area (Å²) < 4.78 is 5.30. The zero-order valence-corrected chi connectivity index (χ0v) is 15.3. The molecule has 142 valence electrons. The van der Waals surface area contributed by atoms with Crippen LogP contribution in [0.15, 0.2) is 60.7 Å². The van der Waals surface area contributed by atoms with Gasteiger partial charge in [0.15, 0.2) is 0 Å². The second-order valence-electron chi connectivity index (χ2n) is 6.52. The number of rotatable bonds is 6. The Labute approximate surface area is 159 Å². The fraction of sp³-hybridized carbons (Fsp3) is 0.333. The molecule has 1 aliphatic heterocycles. The van der Waals surface area contributed by atoms with Crippen LogP contribution in [0.2, 0.25) is 0 Å². The number of nitrogens with zero attached hydrogens (tertiary/aromatic N) is 1. The van der Waals surface area contributed by atoms with Crippen molar-refractivity contribution >= 4 is 12.0 Å². The maximum atomic E-state index is 12.9. The molecule has 1 atom stereocenters. The predicted octanol–water partition coefficient (Wildman–Crippen LogP) is 1.96. The lowest BCUT2D eigenvalue weighted by Gasteiger charge is -2.31. The van der Waals surface area contributed by atoms with Gasteiger partial charge >= 0.3 is 6.09 Å². The molecule has 2 N–H and O–H groups in total. The van der Waals surface area contributed by atoms with E-state index in [4.69, 9.17) is 4.74 Å². The van der Waals surface area contributed by atoms with E-state index in [9.17, 15) is 9.59 Å². The molecule has 1 aliphatic rings. The second-order valence-corrected chi connectivity index (χ2v) is 6.52. The van der Waals surface area contributed by atoms with E-state index in [1.54, 1.807) is 4.90 Å². The summed E-state index contributed by atoms with van der Waals surface area (Å²) in [4.78, 5) is 27.0. The van der Waals surface area contributed by atoms with Crippen LogP contribution in [0.3, 0.4) is 0 Å². The number of nitrogens with one attached hydrogen (secondary N) is 2. The number of benzene rings is 2. The van der Waals surface area contributed by atoms with E-state index in [1.807, 2.05) is 60.7 Å².